The van der Waals surface area contributed by atoms with Crippen molar-refractivity contribution in [2.75, 3.05) is 6.26 Å². The van der Waals surface area contributed by atoms with Crippen LogP contribution in [0.25, 0.3) is 11.1 Å². The van der Waals surface area contributed by atoms with Crippen LogP contribution in [0.4, 0.5) is 4.39 Å². The molecule has 2 heterocycles. The van der Waals surface area contributed by atoms with Crippen LogP contribution in [0, 0.1) is 5.82 Å². The highest BCUT2D eigenvalue weighted by atomic mass is 35.5. The van der Waals surface area contributed by atoms with E-state index >= 15 is 0 Å². The van der Waals surface area contributed by atoms with E-state index in [1.807, 2.05) is 36.5 Å². The van der Waals surface area contributed by atoms with E-state index in [0.717, 1.165) is 34.4 Å². The van der Waals surface area contributed by atoms with Crippen LogP contribution < -0.4 is 0 Å². The molecule has 2 aromatic carbocycles. The van der Waals surface area contributed by atoms with Crippen LogP contribution in [-0.2, 0) is 23.1 Å². The number of aromatic amines is 1. The predicted octanol–water partition coefficient (Wildman–Crippen LogP) is 5.06. The molecule has 1 aliphatic heterocycles. The van der Waals surface area contributed by atoms with E-state index in [9.17, 15) is 12.8 Å². The van der Waals surface area contributed by atoms with E-state index < -0.39 is 10.1 Å². The van der Waals surface area contributed by atoms with Crippen molar-refractivity contribution in [2.24, 2.45) is 4.99 Å². The molecule has 0 amide bonds. The van der Waals surface area contributed by atoms with Gasteiger partial charge in [-0.2, -0.15) is 8.42 Å². The molecular weight excluding hydrogens is 427 g/mol. The molecule has 1 aliphatic rings. The minimum atomic E-state index is -3.67. The smallest absolute Gasteiger partial charge is 0.261 e. The molecule has 0 atom stereocenters. The Labute approximate surface area is 179 Å². The first-order valence-corrected chi connectivity index (χ1v) is 11.2. The maximum atomic E-state index is 14.4. The Morgan fingerprint density at radius 1 is 1.20 bits per heavy atom. The number of fused-ring (bicyclic) bond motifs is 3. The molecule has 2 N–H and O–H groups in total. The van der Waals surface area contributed by atoms with Crippen LogP contribution in [0.5, 0.6) is 0 Å². The van der Waals surface area contributed by atoms with Gasteiger partial charge in [0.05, 0.1) is 18.5 Å². The van der Waals surface area contributed by atoms with Crippen molar-refractivity contribution in [3.8, 4) is 11.1 Å². The summed E-state index contributed by atoms with van der Waals surface area (Å²) in [4.78, 5) is 8.08. The highest BCUT2D eigenvalue weighted by Gasteiger charge is 2.23. The molecule has 0 bridgehead atoms. The van der Waals surface area contributed by atoms with E-state index in [0.29, 0.717) is 29.1 Å². The first-order valence-electron chi connectivity index (χ1n) is 9.01. The van der Waals surface area contributed by atoms with Gasteiger partial charge in [-0.1, -0.05) is 35.9 Å². The Morgan fingerprint density at radius 2 is 1.90 bits per heavy atom. The quantitative estimate of drug-likeness (QED) is 0.436. The summed E-state index contributed by atoms with van der Waals surface area (Å²) in [5.74, 6) is -0.286. The van der Waals surface area contributed by atoms with Crippen LogP contribution in [0.1, 0.15) is 22.4 Å². The zero-order chi connectivity index (χ0) is 21.9. The van der Waals surface area contributed by atoms with Crippen LogP contribution >= 0.6 is 11.6 Å². The van der Waals surface area contributed by atoms with E-state index in [1.165, 1.54) is 6.07 Å². The zero-order valence-corrected chi connectivity index (χ0v) is 17.8. The van der Waals surface area contributed by atoms with Gasteiger partial charge in [-0.25, -0.2) is 4.39 Å². The number of allylic oxidation sites excluding steroid dienone is 1. The lowest BCUT2D eigenvalue weighted by atomic mass is 9.93. The average Bonchev–Trinajstić information content (AvgIpc) is 2.97. The van der Waals surface area contributed by atoms with Crippen molar-refractivity contribution in [3.05, 3.63) is 94.5 Å². The second-order valence-electron chi connectivity index (χ2n) is 6.72. The highest BCUT2D eigenvalue weighted by molar-refractivity contribution is 7.85. The third-order valence-corrected chi connectivity index (χ3v) is 4.71. The van der Waals surface area contributed by atoms with Crippen molar-refractivity contribution >= 4 is 27.4 Å². The molecule has 30 heavy (non-hydrogen) atoms. The van der Waals surface area contributed by atoms with Crippen LogP contribution in [0.2, 0.25) is 5.02 Å². The van der Waals surface area contributed by atoms with Crippen molar-refractivity contribution in [1.29, 1.82) is 0 Å². The minimum Gasteiger partial charge on any atom is -0.364 e. The van der Waals surface area contributed by atoms with Crippen molar-refractivity contribution < 1.29 is 17.4 Å². The SMILES string of the molecule is C=CCc1[nH]cc2c1CN=C(c1ccccc1F)c1cc(Cl)ccc1-2.CS(=O)(=O)O. The van der Waals surface area contributed by atoms with Crippen LogP contribution in [0.15, 0.2) is 66.3 Å². The Hall–Kier alpha value is -2.74. The number of hydrogen-bond donors (Lipinski definition) is 2. The highest BCUT2D eigenvalue weighted by Crippen LogP contribution is 2.36. The summed E-state index contributed by atoms with van der Waals surface area (Å²) >= 11 is 6.23. The molecule has 0 saturated carbocycles. The van der Waals surface area contributed by atoms with E-state index in [-0.39, 0.29) is 5.82 Å². The number of halogens is 2. The summed E-state index contributed by atoms with van der Waals surface area (Å²) in [6.45, 7) is 4.30. The molecule has 5 nitrogen and oxygen atoms in total. The Morgan fingerprint density at radius 3 is 2.57 bits per heavy atom. The summed E-state index contributed by atoms with van der Waals surface area (Å²) < 4.78 is 40.3. The average molecular weight is 447 g/mol. The fourth-order valence-electron chi connectivity index (χ4n) is 3.32. The number of rotatable bonds is 3. The van der Waals surface area contributed by atoms with Gasteiger partial charge in [0.25, 0.3) is 10.1 Å². The number of hydrogen-bond acceptors (Lipinski definition) is 3. The van der Waals surface area contributed by atoms with Gasteiger partial charge in [0.15, 0.2) is 0 Å². The van der Waals surface area contributed by atoms with Gasteiger partial charge in [0.2, 0.25) is 0 Å². The van der Waals surface area contributed by atoms with Crippen LogP contribution in [0.3, 0.4) is 0 Å². The molecule has 0 aliphatic carbocycles. The van der Waals surface area contributed by atoms with Crippen LogP contribution in [-0.4, -0.2) is 29.9 Å². The topological polar surface area (TPSA) is 82.5 Å². The molecule has 0 radical (unpaired) electrons. The number of benzene rings is 2. The second kappa shape index (κ2) is 8.95. The van der Waals surface area contributed by atoms with Crippen molar-refractivity contribution in [2.45, 2.75) is 13.0 Å². The lowest BCUT2D eigenvalue weighted by Crippen LogP contribution is -2.07. The monoisotopic (exact) mass is 446 g/mol. The fourth-order valence-corrected chi connectivity index (χ4v) is 3.49. The summed E-state index contributed by atoms with van der Waals surface area (Å²) in [5.41, 5.74) is 6.27. The number of nitrogens with zero attached hydrogens (tertiary/aromatic N) is 1. The molecule has 156 valence electrons. The van der Waals surface area contributed by atoms with Gasteiger partial charge in [-0.15, -0.1) is 6.58 Å². The number of aromatic nitrogens is 1. The first-order chi connectivity index (χ1) is 14.2. The van der Waals surface area contributed by atoms with Gasteiger partial charge >= 0.3 is 0 Å². The molecule has 0 saturated heterocycles. The van der Waals surface area contributed by atoms with E-state index in [2.05, 4.69) is 11.6 Å². The predicted molar refractivity (Wildman–Crippen MR) is 118 cm³/mol. The third-order valence-electron chi connectivity index (χ3n) is 4.48. The number of nitrogens with one attached hydrogen (secondary N) is 1. The summed E-state index contributed by atoms with van der Waals surface area (Å²) in [6, 6.07) is 12.4. The molecule has 3 aromatic rings. The number of aliphatic imine (C=N–C) groups is 1. The molecule has 1 aromatic heterocycles. The summed E-state index contributed by atoms with van der Waals surface area (Å²) in [7, 11) is -3.67. The zero-order valence-electron chi connectivity index (χ0n) is 16.2. The fraction of sp³-hybridized carbons (Fsp3) is 0.136. The molecule has 4 rings (SSSR count). The molecular formula is C22H20ClFN2O3S. The lowest BCUT2D eigenvalue weighted by molar-refractivity contribution is 0.490. The maximum Gasteiger partial charge on any atom is 0.261 e. The third kappa shape index (κ3) is 5.05. The minimum absolute atomic E-state index is 0.286. The Bertz CT molecular complexity index is 1220. The molecule has 0 unspecified atom stereocenters. The normalized spacial score (nSPS) is 12.6. The van der Waals surface area contributed by atoms with Gasteiger partial charge in [0.1, 0.15) is 5.82 Å². The first kappa shape index (κ1) is 22.0. The van der Waals surface area contributed by atoms with E-state index in [1.54, 1.807) is 12.1 Å². The maximum absolute atomic E-state index is 14.4. The van der Waals surface area contributed by atoms with Gasteiger partial charge in [-0.05, 0) is 29.8 Å². The number of H-pyrrole nitrogens is 1. The molecule has 0 fully saturated rings. The largest absolute Gasteiger partial charge is 0.364 e. The van der Waals surface area contributed by atoms with Crippen molar-refractivity contribution in [3.63, 3.8) is 0 Å². The second-order valence-corrected chi connectivity index (χ2v) is 8.62. The lowest BCUT2D eigenvalue weighted by Gasteiger charge is -2.11. The molecule has 0 spiro atoms. The standard InChI is InChI=1S/C21H16ClFN2.CH4O3S/c1-2-5-20-18-12-25-21(15-6-3-4-7-19(15)23)16-10-13(22)8-9-14(16)17(18)11-24-20;1-5(2,3)4/h2-4,6-11,24H,1,5,12H2;1H3,(H,2,3,4). The summed E-state index contributed by atoms with van der Waals surface area (Å²) in [5, 5.41) is 0.605. The van der Waals surface area contributed by atoms with Crippen molar-refractivity contribution in [1.82, 2.24) is 4.98 Å². The Balaban J connectivity index is 0.000000461. The van der Waals surface area contributed by atoms with Gasteiger partial charge in [0, 0.05) is 45.6 Å². The Kier molecular flexibility index (Phi) is 6.55. The molecule has 8 heteroatoms. The summed E-state index contributed by atoms with van der Waals surface area (Å²) in [6.07, 6.45) is 5.30. The van der Waals surface area contributed by atoms with Gasteiger partial charge in [-0.3, -0.25) is 9.55 Å². The van der Waals surface area contributed by atoms with E-state index in [4.69, 9.17) is 21.1 Å². The van der Waals surface area contributed by atoms with Gasteiger partial charge < -0.3 is 4.98 Å².